The molecule has 0 spiro atoms. The van der Waals surface area contributed by atoms with E-state index in [0.717, 1.165) is 0 Å². The van der Waals surface area contributed by atoms with E-state index in [-0.39, 0.29) is 32.0 Å². The van der Waals surface area contributed by atoms with Crippen LogP contribution < -0.4 is 10.8 Å². The molecule has 0 amide bonds. The van der Waals surface area contributed by atoms with Crippen LogP contribution >= 0.6 is 23.2 Å². The van der Waals surface area contributed by atoms with E-state index in [9.17, 15) is 0 Å². The van der Waals surface area contributed by atoms with Gasteiger partial charge in [-0.1, -0.05) is 23.2 Å². The Morgan fingerprint density at radius 1 is 0.762 bits per heavy atom. The summed E-state index contributed by atoms with van der Waals surface area (Å²) < 4.78 is 5.38. The summed E-state index contributed by atoms with van der Waals surface area (Å²) in [6, 6.07) is 9.61. The number of furan rings is 1. The molecule has 2 aromatic rings. The van der Waals surface area contributed by atoms with E-state index in [2.05, 4.69) is 0 Å². The van der Waals surface area contributed by atoms with Gasteiger partial charge in [0.25, 0.3) is 0 Å². The average Bonchev–Trinajstić information content (AvgIpc) is 2.82. The molecule has 0 radical (unpaired) electrons. The summed E-state index contributed by atoms with van der Waals surface area (Å²) >= 11 is 11.8. The Morgan fingerprint density at radius 2 is 1.10 bits per heavy atom. The molecule has 0 saturated carbocycles. The van der Waals surface area contributed by atoms with Crippen LogP contribution in [0.2, 0.25) is 10.0 Å². The lowest BCUT2D eigenvalue weighted by Crippen LogP contribution is -2.05. The molecule has 0 saturated heterocycles. The van der Waals surface area contributed by atoms with Gasteiger partial charge in [0.2, 0.25) is 0 Å². The highest BCUT2D eigenvalue weighted by Gasteiger charge is 2.14. The molecular weight excluding hydrogens is 311 g/mol. The van der Waals surface area contributed by atoms with Gasteiger partial charge in [-0.3, -0.25) is 0 Å². The van der Waals surface area contributed by atoms with Crippen LogP contribution in [-0.4, -0.2) is 0 Å². The van der Waals surface area contributed by atoms with E-state index in [1.165, 1.54) is 12.1 Å². The molecule has 7 heteroatoms. The second-order valence-corrected chi connectivity index (χ2v) is 4.58. The molecule has 0 aliphatic heterocycles. The molecule has 1 aromatic heterocycles. The third-order valence-electron chi connectivity index (χ3n) is 2.66. The van der Waals surface area contributed by atoms with Crippen molar-refractivity contribution < 1.29 is 4.42 Å². The van der Waals surface area contributed by atoms with Crippen molar-refractivity contribution in [3.8, 4) is 24.3 Å². The fourth-order valence-electron chi connectivity index (χ4n) is 1.76. The van der Waals surface area contributed by atoms with Crippen molar-refractivity contribution in [2.75, 3.05) is 0 Å². The van der Waals surface area contributed by atoms with Gasteiger partial charge in [-0.15, -0.1) is 0 Å². The fourth-order valence-corrected chi connectivity index (χ4v) is 2.09. The van der Waals surface area contributed by atoms with Crippen LogP contribution in [0.3, 0.4) is 0 Å². The first kappa shape index (κ1) is 14.4. The third kappa shape index (κ3) is 2.29. The molecular formula is C14H2Cl2N4O. The lowest BCUT2D eigenvalue weighted by Gasteiger charge is -1.94. The van der Waals surface area contributed by atoms with Gasteiger partial charge in [-0.25, -0.2) is 0 Å². The highest BCUT2D eigenvalue weighted by Crippen LogP contribution is 2.25. The predicted octanol–water partition coefficient (Wildman–Crippen LogP) is 2.14. The smallest absolute Gasteiger partial charge is 0.172 e. The number of nitrogens with zero attached hydrogens (tertiary/aromatic N) is 4. The molecule has 1 aromatic carbocycles. The van der Waals surface area contributed by atoms with Crippen LogP contribution in [-0.2, 0) is 0 Å². The number of benzene rings is 1. The Labute approximate surface area is 128 Å². The molecule has 21 heavy (non-hydrogen) atoms. The quantitative estimate of drug-likeness (QED) is 0.740. The van der Waals surface area contributed by atoms with Crippen molar-refractivity contribution in [3.05, 3.63) is 33.0 Å². The molecule has 1 heterocycles. The van der Waals surface area contributed by atoms with E-state index < -0.39 is 0 Å². The second-order valence-electron chi connectivity index (χ2n) is 3.77. The number of hydrogen-bond donors (Lipinski definition) is 0. The van der Waals surface area contributed by atoms with Crippen LogP contribution in [0, 0.1) is 45.3 Å². The monoisotopic (exact) mass is 312 g/mol. The second kappa shape index (κ2) is 5.58. The van der Waals surface area contributed by atoms with Gasteiger partial charge in [0.1, 0.15) is 24.3 Å². The molecule has 2 rings (SSSR count). The standard InChI is InChI=1S/C14H2Cl2N4O/c15-11-1-9-10(2-12(11)16)14(8(5-19)6-20)21-13(9)7(3-17)4-18/h1-2H. The molecule has 98 valence electrons. The highest BCUT2D eigenvalue weighted by molar-refractivity contribution is 6.42. The van der Waals surface area contributed by atoms with Gasteiger partial charge < -0.3 is 4.42 Å². The Kier molecular flexibility index (Phi) is 3.84. The van der Waals surface area contributed by atoms with Crippen LogP contribution in [0.1, 0.15) is 0 Å². The lowest BCUT2D eigenvalue weighted by atomic mass is 10.1. The van der Waals surface area contributed by atoms with Gasteiger partial charge in [-0.05, 0) is 12.1 Å². The number of halogens is 2. The topological polar surface area (TPSA) is 108 Å². The zero-order valence-electron chi connectivity index (χ0n) is 10.1. The largest absolute Gasteiger partial charge is 0.452 e. The van der Waals surface area contributed by atoms with E-state index in [4.69, 9.17) is 48.7 Å². The number of nitriles is 4. The van der Waals surface area contributed by atoms with Crippen molar-refractivity contribution in [3.63, 3.8) is 0 Å². The highest BCUT2D eigenvalue weighted by atomic mass is 35.5. The van der Waals surface area contributed by atoms with Gasteiger partial charge in [0, 0.05) is 10.8 Å². The Bertz CT molecular complexity index is 937. The Balaban J connectivity index is 3.28. The van der Waals surface area contributed by atoms with Crippen LogP contribution in [0.5, 0.6) is 0 Å². The lowest BCUT2D eigenvalue weighted by molar-refractivity contribution is 0.506. The van der Waals surface area contributed by atoms with Crippen molar-refractivity contribution in [2.45, 2.75) is 0 Å². The van der Waals surface area contributed by atoms with Gasteiger partial charge in [0.15, 0.2) is 22.0 Å². The van der Waals surface area contributed by atoms with Gasteiger partial charge >= 0.3 is 0 Å². The van der Waals surface area contributed by atoms with Crippen molar-refractivity contribution >= 4 is 45.1 Å². The normalized spacial score (nSPS) is 9.24. The maximum atomic E-state index is 8.96. The number of rotatable bonds is 0. The van der Waals surface area contributed by atoms with E-state index in [1.807, 2.05) is 0 Å². The summed E-state index contributed by atoms with van der Waals surface area (Å²) in [6.45, 7) is 0. The first-order chi connectivity index (χ1) is 10.1. The van der Waals surface area contributed by atoms with Gasteiger partial charge in [-0.2, -0.15) is 21.0 Å². The van der Waals surface area contributed by atoms with E-state index >= 15 is 0 Å². The summed E-state index contributed by atoms with van der Waals surface area (Å²) in [5.74, 6) is 0. The number of hydrogen-bond acceptors (Lipinski definition) is 5. The molecule has 0 N–H and O–H groups in total. The summed E-state index contributed by atoms with van der Waals surface area (Å²) in [7, 11) is 0. The molecule has 0 atom stereocenters. The van der Waals surface area contributed by atoms with Gasteiger partial charge in [0.05, 0.1) is 10.0 Å². The minimum atomic E-state index is -0.292. The van der Waals surface area contributed by atoms with Crippen LogP contribution in [0.15, 0.2) is 16.5 Å². The summed E-state index contributed by atoms with van der Waals surface area (Å²) in [6.07, 6.45) is 0. The fraction of sp³-hybridized carbons (Fsp3) is 0. The van der Waals surface area contributed by atoms with E-state index in [0.29, 0.717) is 10.8 Å². The van der Waals surface area contributed by atoms with Crippen molar-refractivity contribution in [1.82, 2.24) is 0 Å². The molecule has 0 unspecified atom stereocenters. The summed E-state index contributed by atoms with van der Waals surface area (Å²) in [5, 5.41) is 36.9. The zero-order valence-corrected chi connectivity index (χ0v) is 11.6. The summed E-state index contributed by atoms with van der Waals surface area (Å²) in [5.41, 5.74) is -0.683. The molecule has 5 nitrogen and oxygen atoms in total. The SMILES string of the molecule is N#CC(C#N)=c1oc(=C(C#N)C#N)c2cc(Cl)c(Cl)cc12. The Hall–Kier alpha value is -2.96. The first-order valence-corrected chi connectivity index (χ1v) is 6.09. The predicted molar refractivity (Wildman–Crippen MR) is 74.8 cm³/mol. The molecule has 0 fully saturated rings. The summed E-state index contributed by atoms with van der Waals surface area (Å²) in [4.78, 5) is 0. The minimum Gasteiger partial charge on any atom is -0.452 e. The van der Waals surface area contributed by atoms with Crippen LogP contribution in [0.25, 0.3) is 21.9 Å². The maximum absolute atomic E-state index is 8.96. The first-order valence-electron chi connectivity index (χ1n) is 5.34. The molecule has 0 aliphatic rings. The average molecular weight is 313 g/mol. The third-order valence-corrected chi connectivity index (χ3v) is 3.38. The minimum absolute atomic E-state index is 0.0495. The van der Waals surface area contributed by atoms with E-state index in [1.54, 1.807) is 24.3 Å². The van der Waals surface area contributed by atoms with Crippen molar-refractivity contribution in [1.29, 1.82) is 21.0 Å². The molecule has 0 bridgehead atoms. The van der Waals surface area contributed by atoms with Crippen LogP contribution in [0.4, 0.5) is 0 Å². The molecule has 0 aliphatic carbocycles. The maximum Gasteiger partial charge on any atom is 0.172 e. The zero-order chi connectivity index (χ0) is 15.6. The number of fused-ring (bicyclic) bond motifs is 1. The Morgan fingerprint density at radius 3 is 1.38 bits per heavy atom. The van der Waals surface area contributed by atoms with Crippen molar-refractivity contribution in [2.24, 2.45) is 0 Å².